The zero-order valence-electron chi connectivity index (χ0n) is 13.0. The minimum atomic E-state index is -1.02. The van der Waals surface area contributed by atoms with Gasteiger partial charge in [0.15, 0.2) is 0 Å². The van der Waals surface area contributed by atoms with E-state index in [1.807, 2.05) is 13.0 Å². The van der Waals surface area contributed by atoms with Crippen molar-refractivity contribution in [1.29, 1.82) is 0 Å². The van der Waals surface area contributed by atoms with Gasteiger partial charge in [0.05, 0.1) is 11.2 Å². The van der Waals surface area contributed by atoms with E-state index in [1.54, 1.807) is 6.07 Å². The van der Waals surface area contributed by atoms with Crippen molar-refractivity contribution in [2.75, 3.05) is 5.73 Å². The van der Waals surface area contributed by atoms with Crippen molar-refractivity contribution in [3.05, 3.63) is 29.3 Å². The molecule has 116 valence electrons. The van der Waals surface area contributed by atoms with E-state index >= 15 is 0 Å². The number of rotatable bonds is 3. The summed E-state index contributed by atoms with van der Waals surface area (Å²) < 4.78 is 0. The van der Waals surface area contributed by atoms with Gasteiger partial charge >= 0.3 is 5.97 Å². The van der Waals surface area contributed by atoms with E-state index in [0.717, 1.165) is 24.8 Å². The van der Waals surface area contributed by atoms with Crippen molar-refractivity contribution in [3.63, 3.8) is 0 Å². The highest BCUT2D eigenvalue weighted by Crippen LogP contribution is 2.47. The third-order valence-electron chi connectivity index (χ3n) is 5.00. The predicted molar refractivity (Wildman–Crippen MR) is 83.4 cm³/mol. The lowest BCUT2D eigenvalue weighted by atomic mass is 9.66. The van der Waals surface area contributed by atoms with Crippen molar-refractivity contribution in [1.82, 2.24) is 0 Å². The van der Waals surface area contributed by atoms with Crippen LogP contribution in [0.1, 0.15) is 61.9 Å². The minimum Gasteiger partial charge on any atom is -0.478 e. The summed E-state index contributed by atoms with van der Waals surface area (Å²) in [5.74, 6) is -0.0567. The molecule has 0 amide bonds. The van der Waals surface area contributed by atoms with E-state index in [1.165, 1.54) is 6.07 Å². The van der Waals surface area contributed by atoms with Crippen molar-refractivity contribution >= 4 is 11.7 Å². The largest absolute Gasteiger partial charge is 0.478 e. The van der Waals surface area contributed by atoms with E-state index in [9.17, 15) is 15.0 Å². The van der Waals surface area contributed by atoms with Crippen LogP contribution in [0.5, 0.6) is 0 Å². The van der Waals surface area contributed by atoms with Gasteiger partial charge in [0.2, 0.25) is 0 Å². The number of anilines is 1. The van der Waals surface area contributed by atoms with Crippen molar-refractivity contribution in [3.8, 4) is 0 Å². The van der Waals surface area contributed by atoms with Crippen LogP contribution in [0, 0.1) is 11.8 Å². The van der Waals surface area contributed by atoms with Gasteiger partial charge in [-0.2, -0.15) is 0 Å². The van der Waals surface area contributed by atoms with Gasteiger partial charge in [-0.1, -0.05) is 26.0 Å². The van der Waals surface area contributed by atoms with Gasteiger partial charge in [-0.3, -0.25) is 0 Å². The lowest BCUT2D eigenvalue weighted by Gasteiger charge is -2.43. The molecule has 4 heteroatoms. The third-order valence-corrected chi connectivity index (χ3v) is 5.00. The number of para-hydroxylation sites is 1. The summed E-state index contributed by atoms with van der Waals surface area (Å²) in [6.07, 6.45) is 2.56. The molecular formula is C17H25NO3. The SMILES string of the molecule is CC(C)C1CCC(C)(O)C(c2cccc(C(=O)O)c2N)C1. The van der Waals surface area contributed by atoms with Gasteiger partial charge in [0, 0.05) is 11.6 Å². The monoisotopic (exact) mass is 291 g/mol. The second-order valence-corrected chi connectivity index (χ2v) is 6.80. The molecule has 0 bridgehead atoms. The lowest BCUT2D eigenvalue weighted by molar-refractivity contribution is -0.0201. The Morgan fingerprint density at radius 3 is 2.67 bits per heavy atom. The van der Waals surface area contributed by atoms with Crippen LogP contribution in [-0.4, -0.2) is 21.8 Å². The van der Waals surface area contributed by atoms with Gasteiger partial charge in [-0.05, 0) is 49.7 Å². The highest BCUT2D eigenvalue weighted by atomic mass is 16.4. The van der Waals surface area contributed by atoms with Gasteiger partial charge in [-0.15, -0.1) is 0 Å². The number of benzene rings is 1. The number of carbonyl (C=O) groups is 1. The topological polar surface area (TPSA) is 83.5 Å². The maximum Gasteiger partial charge on any atom is 0.337 e. The number of nitrogens with two attached hydrogens (primary N) is 1. The number of nitrogen functional groups attached to an aromatic ring is 1. The van der Waals surface area contributed by atoms with Gasteiger partial charge in [0.1, 0.15) is 0 Å². The summed E-state index contributed by atoms with van der Waals surface area (Å²) in [5.41, 5.74) is 6.41. The van der Waals surface area contributed by atoms with Crippen LogP contribution in [0.3, 0.4) is 0 Å². The molecule has 1 aromatic rings. The Balaban J connectivity index is 2.42. The molecule has 3 atom stereocenters. The summed E-state index contributed by atoms with van der Waals surface area (Å²) in [4.78, 5) is 11.2. The first-order valence-electron chi connectivity index (χ1n) is 7.58. The molecule has 0 saturated heterocycles. The number of hydrogen-bond donors (Lipinski definition) is 3. The zero-order chi connectivity index (χ0) is 15.8. The van der Waals surface area contributed by atoms with E-state index in [0.29, 0.717) is 17.5 Å². The third kappa shape index (κ3) is 3.05. The average molecular weight is 291 g/mol. The fraction of sp³-hybridized carbons (Fsp3) is 0.588. The Kier molecular flexibility index (Phi) is 4.28. The molecule has 1 aromatic carbocycles. The second kappa shape index (κ2) is 5.68. The average Bonchev–Trinajstić information content (AvgIpc) is 2.38. The fourth-order valence-electron chi connectivity index (χ4n) is 3.47. The number of carboxylic acids is 1. The van der Waals surface area contributed by atoms with Crippen LogP contribution < -0.4 is 5.73 Å². The van der Waals surface area contributed by atoms with Crippen molar-refractivity contribution in [2.24, 2.45) is 11.8 Å². The molecule has 4 nitrogen and oxygen atoms in total. The summed E-state index contributed by atoms with van der Waals surface area (Å²) >= 11 is 0. The molecular weight excluding hydrogens is 266 g/mol. The molecule has 1 saturated carbocycles. The summed E-state index contributed by atoms with van der Waals surface area (Å²) in [5, 5.41) is 20.0. The highest BCUT2D eigenvalue weighted by molar-refractivity contribution is 5.94. The molecule has 2 rings (SSSR count). The van der Waals surface area contributed by atoms with Crippen LogP contribution in [0.25, 0.3) is 0 Å². The Hall–Kier alpha value is -1.55. The van der Waals surface area contributed by atoms with Gasteiger partial charge in [0.25, 0.3) is 0 Å². The summed E-state index contributed by atoms with van der Waals surface area (Å²) in [6.45, 7) is 6.22. The van der Waals surface area contributed by atoms with E-state index in [2.05, 4.69) is 13.8 Å². The number of carboxylic acid groups (broad SMARTS) is 1. The Labute approximate surface area is 126 Å². The number of aliphatic hydroxyl groups is 1. The standard InChI is InChI=1S/C17H25NO3/c1-10(2)11-7-8-17(3,21)14(9-11)12-5-4-6-13(15(12)18)16(19)20/h4-6,10-11,14,21H,7-9,18H2,1-3H3,(H,19,20). The fourth-order valence-corrected chi connectivity index (χ4v) is 3.47. The molecule has 3 unspecified atom stereocenters. The molecule has 1 aliphatic carbocycles. The first-order chi connectivity index (χ1) is 9.74. The molecule has 0 spiro atoms. The maximum absolute atomic E-state index is 11.2. The van der Waals surface area contributed by atoms with Crippen molar-refractivity contribution < 1.29 is 15.0 Å². The zero-order valence-corrected chi connectivity index (χ0v) is 13.0. The second-order valence-electron chi connectivity index (χ2n) is 6.80. The van der Waals surface area contributed by atoms with E-state index in [4.69, 9.17) is 5.73 Å². The molecule has 1 aliphatic rings. The lowest BCUT2D eigenvalue weighted by Crippen LogP contribution is -2.40. The maximum atomic E-state index is 11.2. The number of hydrogen-bond acceptors (Lipinski definition) is 3. The molecule has 0 radical (unpaired) electrons. The molecule has 21 heavy (non-hydrogen) atoms. The highest BCUT2D eigenvalue weighted by Gasteiger charge is 2.41. The molecule has 1 fully saturated rings. The van der Waals surface area contributed by atoms with Crippen LogP contribution >= 0.6 is 0 Å². The molecule has 0 aliphatic heterocycles. The normalized spacial score (nSPS) is 29.6. The van der Waals surface area contributed by atoms with Crippen LogP contribution in [0.2, 0.25) is 0 Å². The van der Waals surface area contributed by atoms with Crippen LogP contribution in [0.4, 0.5) is 5.69 Å². The van der Waals surface area contributed by atoms with Crippen LogP contribution in [-0.2, 0) is 0 Å². The first-order valence-corrected chi connectivity index (χ1v) is 7.58. The van der Waals surface area contributed by atoms with Gasteiger partial charge < -0.3 is 15.9 Å². The molecule has 0 aromatic heterocycles. The Bertz CT molecular complexity index is 537. The van der Waals surface area contributed by atoms with Crippen LogP contribution in [0.15, 0.2) is 18.2 Å². The molecule has 0 heterocycles. The van der Waals surface area contributed by atoms with Gasteiger partial charge in [-0.25, -0.2) is 4.79 Å². The van der Waals surface area contributed by atoms with Crippen molar-refractivity contribution in [2.45, 2.75) is 51.6 Å². The van der Waals surface area contributed by atoms with E-state index in [-0.39, 0.29) is 11.5 Å². The Morgan fingerprint density at radius 1 is 1.43 bits per heavy atom. The summed E-state index contributed by atoms with van der Waals surface area (Å²) in [6, 6.07) is 5.08. The smallest absolute Gasteiger partial charge is 0.337 e. The molecule has 4 N–H and O–H groups in total. The Morgan fingerprint density at radius 2 is 2.10 bits per heavy atom. The first kappa shape index (κ1) is 15.8. The predicted octanol–water partition coefficient (Wildman–Crippen LogP) is 3.26. The number of aromatic carboxylic acids is 1. The quantitative estimate of drug-likeness (QED) is 0.746. The summed E-state index contributed by atoms with van der Waals surface area (Å²) in [7, 11) is 0. The minimum absolute atomic E-state index is 0.113. The van der Waals surface area contributed by atoms with E-state index < -0.39 is 11.6 Å².